The fraction of sp³-hybridized carbons (Fsp3) is 0.720. The van der Waals surface area contributed by atoms with Crippen molar-refractivity contribution in [2.75, 3.05) is 66.5 Å². The van der Waals surface area contributed by atoms with Crippen LogP contribution in [0.25, 0.3) is 0 Å². The first-order valence-corrected chi connectivity index (χ1v) is 12.2. The van der Waals surface area contributed by atoms with Crippen LogP contribution >= 0.6 is 24.0 Å². The molecule has 0 amide bonds. The summed E-state index contributed by atoms with van der Waals surface area (Å²) < 4.78 is 6.15. The van der Waals surface area contributed by atoms with E-state index < -0.39 is 0 Å². The molecular formula is C25H42IN5O. The van der Waals surface area contributed by atoms with E-state index >= 15 is 0 Å². The summed E-state index contributed by atoms with van der Waals surface area (Å²) >= 11 is 0. The van der Waals surface area contributed by atoms with E-state index in [9.17, 15) is 0 Å². The zero-order chi connectivity index (χ0) is 21.7. The molecule has 32 heavy (non-hydrogen) atoms. The Bertz CT molecular complexity index is 744. The molecule has 0 bridgehead atoms. The summed E-state index contributed by atoms with van der Waals surface area (Å²) in [6.45, 7) is 10.5. The highest BCUT2D eigenvalue weighted by Gasteiger charge is 2.40. The number of guanidine groups is 1. The number of ether oxygens (including phenoxy) is 1. The van der Waals surface area contributed by atoms with Gasteiger partial charge in [0.05, 0.1) is 13.2 Å². The van der Waals surface area contributed by atoms with E-state index in [1.807, 2.05) is 7.05 Å². The van der Waals surface area contributed by atoms with Gasteiger partial charge in [-0.1, -0.05) is 30.7 Å². The van der Waals surface area contributed by atoms with Crippen molar-refractivity contribution in [3.63, 3.8) is 0 Å². The smallest absolute Gasteiger partial charge is 0.193 e. The van der Waals surface area contributed by atoms with Gasteiger partial charge in [0.25, 0.3) is 0 Å². The molecular weight excluding hydrogens is 513 g/mol. The van der Waals surface area contributed by atoms with Gasteiger partial charge >= 0.3 is 0 Å². The van der Waals surface area contributed by atoms with Crippen LogP contribution in [0.4, 0.5) is 0 Å². The van der Waals surface area contributed by atoms with Gasteiger partial charge in [-0.2, -0.15) is 0 Å². The Hall–Kier alpha value is -0.900. The van der Waals surface area contributed by atoms with Crippen molar-refractivity contribution in [2.45, 2.75) is 50.7 Å². The van der Waals surface area contributed by atoms with Crippen LogP contribution < -0.4 is 5.32 Å². The van der Waals surface area contributed by atoms with E-state index in [-0.39, 0.29) is 35.6 Å². The summed E-state index contributed by atoms with van der Waals surface area (Å²) in [6.07, 6.45) is 6.65. The predicted molar refractivity (Wildman–Crippen MR) is 143 cm³/mol. The van der Waals surface area contributed by atoms with Crippen LogP contribution in [0.15, 0.2) is 29.3 Å². The second-order valence-corrected chi connectivity index (χ2v) is 9.64. The molecule has 0 aromatic heterocycles. The van der Waals surface area contributed by atoms with E-state index in [1.165, 1.54) is 69.4 Å². The van der Waals surface area contributed by atoms with E-state index in [1.54, 1.807) is 0 Å². The summed E-state index contributed by atoms with van der Waals surface area (Å²) in [4.78, 5) is 12.3. The monoisotopic (exact) mass is 555 g/mol. The highest BCUT2D eigenvalue weighted by molar-refractivity contribution is 14.0. The quantitative estimate of drug-likeness (QED) is 0.350. The number of hydrogen-bond donors (Lipinski definition) is 1. The van der Waals surface area contributed by atoms with Crippen molar-refractivity contribution in [1.29, 1.82) is 0 Å². The zero-order valence-electron chi connectivity index (χ0n) is 20.2. The molecule has 7 heteroatoms. The van der Waals surface area contributed by atoms with Gasteiger partial charge in [0.2, 0.25) is 0 Å². The molecule has 3 aliphatic heterocycles. The molecule has 1 atom stereocenters. The van der Waals surface area contributed by atoms with Gasteiger partial charge in [0, 0.05) is 25.7 Å². The van der Waals surface area contributed by atoms with E-state index in [0.717, 1.165) is 32.2 Å². The molecule has 1 N–H and O–H groups in total. The molecule has 6 nitrogen and oxygen atoms in total. The van der Waals surface area contributed by atoms with Crippen molar-refractivity contribution in [2.24, 2.45) is 4.99 Å². The summed E-state index contributed by atoms with van der Waals surface area (Å²) in [5.41, 5.74) is 2.85. The lowest BCUT2D eigenvalue weighted by atomic mass is 9.84. The molecule has 180 valence electrons. The number of benzene rings is 1. The summed E-state index contributed by atoms with van der Waals surface area (Å²) in [5.74, 6) is 1.03. The molecule has 1 aromatic carbocycles. The minimum Gasteiger partial charge on any atom is -0.370 e. The van der Waals surface area contributed by atoms with E-state index in [0.29, 0.717) is 0 Å². The molecule has 4 rings (SSSR count). The lowest BCUT2D eigenvalue weighted by Crippen LogP contribution is -2.62. The van der Waals surface area contributed by atoms with Crippen molar-refractivity contribution in [3.8, 4) is 0 Å². The van der Waals surface area contributed by atoms with Gasteiger partial charge in [-0.05, 0) is 77.0 Å². The molecule has 3 saturated heterocycles. The Morgan fingerprint density at radius 3 is 2.50 bits per heavy atom. The zero-order valence-corrected chi connectivity index (χ0v) is 22.5. The lowest BCUT2D eigenvalue weighted by Gasteiger charge is -2.50. The molecule has 3 heterocycles. The van der Waals surface area contributed by atoms with Gasteiger partial charge < -0.3 is 19.9 Å². The standard InChI is InChI=1S/C25H41N5O.HI/c1-21-9-5-6-10-22(21)23-19-29(17-18-31-23)24(26-2)27-20-25(11-15-28(3)16-12-25)30-13-7-4-8-14-30;/h5-6,9-10,23H,4,7-8,11-20H2,1-3H3,(H,26,27);1H. The predicted octanol–water partition coefficient (Wildman–Crippen LogP) is 3.51. The third kappa shape index (κ3) is 5.96. The Balaban J connectivity index is 0.00000289. The topological polar surface area (TPSA) is 43.3 Å². The largest absolute Gasteiger partial charge is 0.370 e. The third-order valence-electron chi connectivity index (χ3n) is 7.63. The average molecular weight is 556 g/mol. The second-order valence-electron chi connectivity index (χ2n) is 9.64. The summed E-state index contributed by atoms with van der Waals surface area (Å²) in [6, 6.07) is 8.58. The second kappa shape index (κ2) is 12.0. The first-order valence-electron chi connectivity index (χ1n) is 12.2. The van der Waals surface area contributed by atoms with Crippen LogP contribution in [0.5, 0.6) is 0 Å². The van der Waals surface area contributed by atoms with Crippen molar-refractivity contribution in [1.82, 2.24) is 20.0 Å². The molecule has 0 spiro atoms. The molecule has 0 aliphatic carbocycles. The first-order chi connectivity index (χ1) is 15.1. The van der Waals surface area contributed by atoms with Gasteiger partial charge in [0.15, 0.2) is 5.96 Å². The SMILES string of the molecule is CN=C(NCC1(N2CCCCC2)CCN(C)CC1)N1CCOC(c2ccccc2C)C1.I. The fourth-order valence-electron chi connectivity index (χ4n) is 5.56. The van der Waals surface area contributed by atoms with Gasteiger partial charge in [0.1, 0.15) is 6.10 Å². The van der Waals surface area contributed by atoms with Crippen LogP contribution in [0.2, 0.25) is 0 Å². The fourth-order valence-corrected chi connectivity index (χ4v) is 5.56. The average Bonchev–Trinajstić information content (AvgIpc) is 2.82. The summed E-state index contributed by atoms with van der Waals surface area (Å²) in [5, 5.41) is 3.81. The first kappa shape index (κ1) is 25.7. The van der Waals surface area contributed by atoms with E-state index in [2.05, 4.69) is 63.2 Å². The van der Waals surface area contributed by atoms with E-state index in [4.69, 9.17) is 4.74 Å². The number of morpholine rings is 1. The number of piperidine rings is 2. The highest BCUT2D eigenvalue weighted by Crippen LogP contribution is 2.31. The third-order valence-corrected chi connectivity index (χ3v) is 7.63. The van der Waals surface area contributed by atoms with Gasteiger partial charge in [-0.15, -0.1) is 24.0 Å². The van der Waals surface area contributed by atoms with Crippen LogP contribution in [0.1, 0.15) is 49.3 Å². The van der Waals surface area contributed by atoms with Crippen LogP contribution in [0.3, 0.4) is 0 Å². The number of aryl methyl sites for hydroxylation is 1. The van der Waals surface area contributed by atoms with Crippen LogP contribution in [-0.4, -0.2) is 92.7 Å². The van der Waals surface area contributed by atoms with Crippen molar-refractivity contribution in [3.05, 3.63) is 35.4 Å². The summed E-state index contributed by atoms with van der Waals surface area (Å²) in [7, 11) is 4.18. The van der Waals surface area contributed by atoms with Gasteiger partial charge in [-0.25, -0.2) is 0 Å². The molecule has 3 fully saturated rings. The van der Waals surface area contributed by atoms with Crippen LogP contribution in [0, 0.1) is 6.92 Å². The maximum Gasteiger partial charge on any atom is 0.193 e. The normalized spacial score (nSPS) is 25.3. The maximum absolute atomic E-state index is 6.15. The minimum atomic E-state index is 0. The van der Waals surface area contributed by atoms with Crippen LogP contribution in [-0.2, 0) is 4.74 Å². The Labute approximate surface area is 211 Å². The van der Waals surface area contributed by atoms with Crippen molar-refractivity contribution >= 4 is 29.9 Å². The number of aliphatic imine (C=N–C) groups is 1. The number of nitrogens with one attached hydrogen (secondary N) is 1. The number of rotatable bonds is 4. The molecule has 3 aliphatic rings. The molecule has 1 aromatic rings. The molecule has 0 saturated carbocycles. The Kier molecular flexibility index (Phi) is 9.64. The number of likely N-dealkylation sites (tertiary alicyclic amines) is 2. The minimum absolute atomic E-state index is 0. The number of hydrogen-bond acceptors (Lipinski definition) is 4. The molecule has 1 unspecified atom stereocenters. The van der Waals surface area contributed by atoms with Gasteiger partial charge in [-0.3, -0.25) is 9.89 Å². The van der Waals surface area contributed by atoms with Crippen molar-refractivity contribution < 1.29 is 4.74 Å². The number of halogens is 1. The lowest BCUT2D eigenvalue weighted by molar-refractivity contribution is -0.00984. The molecule has 0 radical (unpaired) electrons. The highest BCUT2D eigenvalue weighted by atomic mass is 127. The number of nitrogens with zero attached hydrogens (tertiary/aromatic N) is 4. The Morgan fingerprint density at radius 2 is 1.81 bits per heavy atom. The maximum atomic E-state index is 6.15. The Morgan fingerprint density at radius 1 is 1.09 bits per heavy atom.